The van der Waals surface area contributed by atoms with Gasteiger partial charge in [0.2, 0.25) is 0 Å². The van der Waals surface area contributed by atoms with Crippen molar-refractivity contribution in [2.24, 2.45) is 7.05 Å². The Bertz CT molecular complexity index is 1060. The molecule has 1 aromatic carbocycles. The number of aryl methyl sites for hydroxylation is 2. The van der Waals surface area contributed by atoms with Gasteiger partial charge in [-0.15, -0.1) is 0 Å². The zero-order valence-electron chi connectivity index (χ0n) is 14.2. The number of carbonyl (C=O) groups is 1. The van der Waals surface area contributed by atoms with Gasteiger partial charge in [0.1, 0.15) is 11.3 Å². The summed E-state index contributed by atoms with van der Waals surface area (Å²) in [5.41, 5.74) is 5.33. The molecule has 0 saturated heterocycles. The Morgan fingerprint density at radius 2 is 1.92 bits per heavy atom. The van der Waals surface area contributed by atoms with Crippen molar-refractivity contribution in [2.75, 3.05) is 0 Å². The molecule has 4 rings (SSSR count). The Morgan fingerprint density at radius 1 is 1.12 bits per heavy atom. The fourth-order valence-corrected chi connectivity index (χ4v) is 3.06. The Hall–Kier alpha value is -3.21. The first-order chi connectivity index (χ1) is 12.1. The van der Waals surface area contributed by atoms with E-state index in [4.69, 9.17) is 4.98 Å². The van der Waals surface area contributed by atoms with Crippen molar-refractivity contribution in [3.05, 3.63) is 78.1 Å². The lowest BCUT2D eigenvalue weighted by molar-refractivity contribution is 0.0984. The number of benzene rings is 1. The van der Waals surface area contributed by atoms with E-state index in [0.717, 1.165) is 28.2 Å². The van der Waals surface area contributed by atoms with Crippen LogP contribution < -0.4 is 0 Å². The number of imidazole rings is 2. The number of pyridine rings is 1. The molecule has 0 spiro atoms. The summed E-state index contributed by atoms with van der Waals surface area (Å²) < 4.78 is 3.77. The van der Waals surface area contributed by atoms with Crippen LogP contribution >= 0.6 is 0 Å². The highest BCUT2D eigenvalue weighted by Crippen LogP contribution is 2.26. The van der Waals surface area contributed by atoms with E-state index in [1.165, 1.54) is 0 Å². The normalized spacial score (nSPS) is 11.1. The lowest BCUT2D eigenvalue weighted by atomic mass is 10.1. The Morgan fingerprint density at radius 3 is 2.64 bits per heavy atom. The van der Waals surface area contributed by atoms with Gasteiger partial charge in [-0.05, 0) is 18.6 Å². The lowest BCUT2D eigenvalue weighted by Crippen LogP contribution is -2.10. The van der Waals surface area contributed by atoms with E-state index in [-0.39, 0.29) is 12.2 Å². The summed E-state index contributed by atoms with van der Waals surface area (Å²) in [5, 5.41) is 0. The van der Waals surface area contributed by atoms with Gasteiger partial charge < -0.3 is 8.97 Å². The number of ketones is 1. The fraction of sp³-hybridized carbons (Fsp3) is 0.150. The molecule has 5 heteroatoms. The summed E-state index contributed by atoms with van der Waals surface area (Å²) in [6.07, 6.45) is 5.55. The number of carbonyl (C=O) groups excluding carboxylic acids is 1. The van der Waals surface area contributed by atoms with Crippen LogP contribution in [0.1, 0.15) is 21.7 Å². The Kier molecular flexibility index (Phi) is 3.69. The van der Waals surface area contributed by atoms with Crippen molar-refractivity contribution >= 4 is 11.4 Å². The van der Waals surface area contributed by atoms with E-state index in [1.807, 2.05) is 67.0 Å². The molecule has 3 aromatic heterocycles. The summed E-state index contributed by atoms with van der Waals surface area (Å²) in [6, 6.07) is 14.0. The van der Waals surface area contributed by atoms with Crippen molar-refractivity contribution in [1.29, 1.82) is 0 Å². The van der Waals surface area contributed by atoms with Gasteiger partial charge in [0.25, 0.3) is 0 Å². The molecule has 0 radical (unpaired) electrons. The number of Topliss-reactive ketones (excluding diaryl/α,β-unsaturated/α-hetero) is 1. The minimum atomic E-state index is 0.0282. The molecule has 0 atom stereocenters. The summed E-state index contributed by atoms with van der Waals surface area (Å²) in [5.74, 6) is 0.0282. The van der Waals surface area contributed by atoms with Gasteiger partial charge in [-0.3, -0.25) is 4.79 Å². The first-order valence-corrected chi connectivity index (χ1v) is 8.16. The Labute approximate surface area is 145 Å². The third kappa shape index (κ3) is 2.74. The van der Waals surface area contributed by atoms with Crippen LogP contribution in [0.15, 0.2) is 61.2 Å². The van der Waals surface area contributed by atoms with Crippen LogP contribution in [0.4, 0.5) is 0 Å². The summed E-state index contributed by atoms with van der Waals surface area (Å²) in [6.45, 7) is 2.04. The Balaban J connectivity index is 1.87. The molecule has 0 fully saturated rings. The molecule has 0 aliphatic heterocycles. The standard InChI is InChI=1S/C20H18N4O/c1-14-8-9-19-22-20(15-6-4-3-5-7-15)16(24(19)12-14)10-18(25)17-11-21-13-23(17)2/h3-9,11-13H,10H2,1-2H3. The van der Waals surface area contributed by atoms with Crippen molar-refractivity contribution in [1.82, 2.24) is 18.9 Å². The molecule has 4 aromatic rings. The van der Waals surface area contributed by atoms with Crippen LogP contribution in [0.3, 0.4) is 0 Å². The van der Waals surface area contributed by atoms with Gasteiger partial charge in [-0.2, -0.15) is 0 Å². The summed E-state index contributed by atoms with van der Waals surface area (Å²) >= 11 is 0. The molecule has 0 saturated carbocycles. The predicted molar refractivity (Wildman–Crippen MR) is 96.6 cm³/mol. The molecule has 0 aliphatic rings. The number of nitrogens with zero attached hydrogens (tertiary/aromatic N) is 4. The van der Waals surface area contributed by atoms with Crippen LogP contribution in [0.25, 0.3) is 16.9 Å². The van der Waals surface area contributed by atoms with Gasteiger partial charge >= 0.3 is 0 Å². The summed E-state index contributed by atoms with van der Waals surface area (Å²) in [7, 11) is 1.83. The van der Waals surface area contributed by atoms with Crippen LogP contribution in [-0.4, -0.2) is 24.7 Å². The first kappa shape index (κ1) is 15.3. The number of hydrogen-bond acceptors (Lipinski definition) is 3. The minimum absolute atomic E-state index is 0.0282. The van der Waals surface area contributed by atoms with E-state index in [0.29, 0.717) is 5.69 Å². The van der Waals surface area contributed by atoms with Crippen LogP contribution in [-0.2, 0) is 13.5 Å². The molecule has 124 valence electrons. The smallest absolute Gasteiger partial charge is 0.186 e. The molecular weight excluding hydrogens is 312 g/mol. The molecule has 0 aliphatic carbocycles. The third-order valence-corrected chi connectivity index (χ3v) is 4.34. The van der Waals surface area contributed by atoms with Gasteiger partial charge in [0, 0.05) is 18.8 Å². The van der Waals surface area contributed by atoms with E-state index in [9.17, 15) is 4.79 Å². The average molecular weight is 330 g/mol. The maximum atomic E-state index is 12.8. The maximum Gasteiger partial charge on any atom is 0.186 e. The number of fused-ring (bicyclic) bond motifs is 1. The molecule has 0 amide bonds. The summed E-state index contributed by atoms with van der Waals surface area (Å²) in [4.78, 5) is 21.6. The van der Waals surface area contributed by atoms with Gasteiger partial charge in [-0.1, -0.05) is 36.4 Å². The van der Waals surface area contributed by atoms with Crippen molar-refractivity contribution in [3.8, 4) is 11.3 Å². The number of aromatic nitrogens is 4. The van der Waals surface area contributed by atoms with Crippen molar-refractivity contribution < 1.29 is 4.79 Å². The molecular formula is C20H18N4O. The zero-order chi connectivity index (χ0) is 17.4. The second-order valence-electron chi connectivity index (χ2n) is 6.20. The molecule has 25 heavy (non-hydrogen) atoms. The van der Waals surface area contributed by atoms with E-state index >= 15 is 0 Å². The zero-order valence-corrected chi connectivity index (χ0v) is 14.2. The van der Waals surface area contributed by atoms with E-state index in [2.05, 4.69) is 4.98 Å². The molecule has 0 unspecified atom stereocenters. The second kappa shape index (κ2) is 6.02. The minimum Gasteiger partial charge on any atom is -0.331 e. The molecule has 3 heterocycles. The highest BCUT2D eigenvalue weighted by Gasteiger charge is 2.19. The molecule has 0 N–H and O–H groups in total. The largest absolute Gasteiger partial charge is 0.331 e. The van der Waals surface area contributed by atoms with Gasteiger partial charge in [0.15, 0.2) is 5.78 Å². The van der Waals surface area contributed by atoms with Crippen molar-refractivity contribution in [2.45, 2.75) is 13.3 Å². The fourth-order valence-electron chi connectivity index (χ4n) is 3.06. The molecule has 0 bridgehead atoms. The van der Waals surface area contributed by atoms with Crippen molar-refractivity contribution in [3.63, 3.8) is 0 Å². The van der Waals surface area contributed by atoms with Gasteiger partial charge in [0.05, 0.1) is 30.3 Å². The van der Waals surface area contributed by atoms with E-state index in [1.54, 1.807) is 17.1 Å². The third-order valence-electron chi connectivity index (χ3n) is 4.34. The van der Waals surface area contributed by atoms with Crippen LogP contribution in [0.5, 0.6) is 0 Å². The second-order valence-corrected chi connectivity index (χ2v) is 6.20. The highest BCUT2D eigenvalue weighted by molar-refractivity contribution is 5.96. The monoisotopic (exact) mass is 330 g/mol. The first-order valence-electron chi connectivity index (χ1n) is 8.16. The maximum absolute atomic E-state index is 12.8. The topological polar surface area (TPSA) is 52.2 Å². The van der Waals surface area contributed by atoms with Gasteiger partial charge in [-0.25, -0.2) is 9.97 Å². The highest BCUT2D eigenvalue weighted by atomic mass is 16.1. The van der Waals surface area contributed by atoms with Crippen LogP contribution in [0.2, 0.25) is 0 Å². The predicted octanol–water partition coefficient (Wildman–Crippen LogP) is 3.47. The average Bonchev–Trinajstić information content (AvgIpc) is 3.20. The van der Waals surface area contributed by atoms with E-state index < -0.39 is 0 Å². The quantitative estimate of drug-likeness (QED) is 0.538. The van der Waals surface area contributed by atoms with Crippen LogP contribution in [0, 0.1) is 6.92 Å². The SMILES string of the molecule is Cc1ccc2nc(-c3ccccc3)c(CC(=O)c3cncn3C)n2c1. The molecule has 5 nitrogen and oxygen atoms in total. The lowest BCUT2D eigenvalue weighted by Gasteiger charge is -2.06. The number of hydrogen-bond donors (Lipinski definition) is 0. The number of rotatable bonds is 4.